The minimum absolute atomic E-state index is 0.0811. The lowest BCUT2D eigenvalue weighted by atomic mass is 10.1. The summed E-state index contributed by atoms with van der Waals surface area (Å²) in [6.07, 6.45) is 0.603. The molecule has 0 radical (unpaired) electrons. The average molecular weight is 319 g/mol. The Morgan fingerprint density at radius 3 is 2.86 bits per heavy atom. The molecule has 1 aliphatic rings. The van der Waals surface area contributed by atoms with Gasteiger partial charge in [0.25, 0.3) is 5.91 Å². The Balaban J connectivity index is 1.79. The lowest BCUT2D eigenvalue weighted by Gasteiger charge is -2.26. The second-order valence-electron chi connectivity index (χ2n) is 5.03. The maximum absolute atomic E-state index is 13.7. The molecule has 0 saturated carbocycles. The Kier molecular flexibility index (Phi) is 3.89. The molecular formula is C15H14FN3O2S. The van der Waals surface area contributed by atoms with Crippen molar-refractivity contribution in [3.63, 3.8) is 0 Å². The van der Waals surface area contributed by atoms with Crippen LogP contribution >= 0.6 is 11.3 Å². The van der Waals surface area contributed by atoms with E-state index in [9.17, 15) is 14.0 Å². The van der Waals surface area contributed by atoms with E-state index in [4.69, 9.17) is 0 Å². The first-order valence-electron chi connectivity index (χ1n) is 6.84. The van der Waals surface area contributed by atoms with Gasteiger partial charge in [0, 0.05) is 24.8 Å². The van der Waals surface area contributed by atoms with Gasteiger partial charge in [-0.05, 0) is 12.1 Å². The highest BCUT2D eigenvalue weighted by Gasteiger charge is 2.26. The van der Waals surface area contributed by atoms with E-state index >= 15 is 0 Å². The van der Waals surface area contributed by atoms with Crippen LogP contribution in [0.4, 0.5) is 9.52 Å². The quantitative estimate of drug-likeness (QED) is 0.925. The van der Waals surface area contributed by atoms with Crippen molar-refractivity contribution in [1.29, 1.82) is 0 Å². The molecule has 2 heterocycles. The predicted molar refractivity (Wildman–Crippen MR) is 81.3 cm³/mol. The average Bonchev–Trinajstić information content (AvgIpc) is 2.87. The molecule has 1 aromatic heterocycles. The molecule has 0 bridgehead atoms. The first kappa shape index (κ1) is 14.6. The fourth-order valence-corrected chi connectivity index (χ4v) is 3.45. The third kappa shape index (κ3) is 2.85. The summed E-state index contributed by atoms with van der Waals surface area (Å²) in [5, 5.41) is 3.19. The smallest absolute Gasteiger partial charge is 0.257 e. The molecule has 1 aliphatic heterocycles. The number of thiazole rings is 1. The summed E-state index contributed by atoms with van der Waals surface area (Å²) in [4.78, 5) is 30.4. The number of carbonyl (C=O) groups excluding carboxylic acids is 2. The van der Waals surface area contributed by atoms with Crippen LogP contribution in [0, 0.1) is 5.82 Å². The monoisotopic (exact) mass is 319 g/mol. The number of halogens is 1. The molecule has 5 nitrogen and oxygen atoms in total. The zero-order valence-corrected chi connectivity index (χ0v) is 12.7. The van der Waals surface area contributed by atoms with Gasteiger partial charge in [0.1, 0.15) is 5.82 Å². The summed E-state index contributed by atoms with van der Waals surface area (Å²) in [7, 11) is 0. The number of hydrogen-bond acceptors (Lipinski definition) is 4. The SMILES string of the molecule is CC(=O)Nc1nc2c(s1)CN(C(=O)c1ccccc1F)CC2. The third-order valence-electron chi connectivity index (χ3n) is 3.41. The zero-order chi connectivity index (χ0) is 15.7. The lowest BCUT2D eigenvalue weighted by molar-refractivity contribution is -0.114. The predicted octanol–water partition coefficient (Wildman–Crippen LogP) is 2.44. The third-order valence-corrected chi connectivity index (χ3v) is 4.40. The number of aromatic nitrogens is 1. The number of rotatable bonds is 2. The zero-order valence-electron chi connectivity index (χ0n) is 11.9. The van der Waals surface area contributed by atoms with Crippen molar-refractivity contribution in [2.45, 2.75) is 19.9 Å². The van der Waals surface area contributed by atoms with Gasteiger partial charge in [-0.25, -0.2) is 9.37 Å². The summed E-state index contributed by atoms with van der Waals surface area (Å²) in [6, 6.07) is 5.98. The van der Waals surface area contributed by atoms with Crippen LogP contribution in [0.5, 0.6) is 0 Å². The summed E-state index contributed by atoms with van der Waals surface area (Å²) in [6.45, 7) is 2.30. The molecule has 2 amide bonds. The van der Waals surface area contributed by atoms with E-state index in [0.29, 0.717) is 24.6 Å². The van der Waals surface area contributed by atoms with Gasteiger partial charge in [0.15, 0.2) is 5.13 Å². The van der Waals surface area contributed by atoms with Crippen LogP contribution in [0.25, 0.3) is 0 Å². The highest BCUT2D eigenvalue weighted by Crippen LogP contribution is 2.29. The number of fused-ring (bicyclic) bond motifs is 1. The Morgan fingerprint density at radius 2 is 2.14 bits per heavy atom. The van der Waals surface area contributed by atoms with Gasteiger partial charge in [-0.1, -0.05) is 23.5 Å². The molecule has 0 atom stereocenters. The Labute approximate surface area is 130 Å². The maximum Gasteiger partial charge on any atom is 0.257 e. The lowest BCUT2D eigenvalue weighted by Crippen LogP contribution is -2.35. The van der Waals surface area contributed by atoms with Crippen LogP contribution in [0.3, 0.4) is 0 Å². The number of hydrogen-bond donors (Lipinski definition) is 1. The van der Waals surface area contributed by atoms with E-state index in [1.54, 1.807) is 17.0 Å². The number of carbonyl (C=O) groups is 2. The van der Waals surface area contributed by atoms with E-state index in [1.807, 2.05) is 0 Å². The van der Waals surface area contributed by atoms with E-state index < -0.39 is 5.82 Å². The topological polar surface area (TPSA) is 62.3 Å². The normalized spacial score (nSPS) is 13.6. The Morgan fingerprint density at radius 1 is 1.36 bits per heavy atom. The van der Waals surface area contributed by atoms with Crippen molar-refractivity contribution in [3.8, 4) is 0 Å². The Hall–Kier alpha value is -2.28. The number of amides is 2. The van der Waals surface area contributed by atoms with Crippen LogP contribution < -0.4 is 5.32 Å². The van der Waals surface area contributed by atoms with E-state index in [-0.39, 0.29) is 17.4 Å². The van der Waals surface area contributed by atoms with E-state index in [1.165, 1.54) is 30.4 Å². The standard InChI is InChI=1S/C15H14FN3O2S/c1-9(20)17-15-18-12-6-7-19(8-13(12)22-15)14(21)10-4-2-3-5-11(10)16/h2-5H,6-8H2,1H3,(H,17,18,20). The molecule has 0 saturated heterocycles. The van der Waals surface area contributed by atoms with Crippen molar-refractivity contribution in [3.05, 3.63) is 46.2 Å². The van der Waals surface area contributed by atoms with E-state index in [2.05, 4.69) is 10.3 Å². The molecule has 114 valence electrons. The van der Waals surface area contributed by atoms with Crippen molar-refractivity contribution >= 4 is 28.3 Å². The molecule has 0 unspecified atom stereocenters. The number of nitrogens with zero attached hydrogens (tertiary/aromatic N) is 2. The fraction of sp³-hybridized carbons (Fsp3) is 0.267. The highest BCUT2D eigenvalue weighted by atomic mass is 32.1. The first-order chi connectivity index (χ1) is 10.5. The fourth-order valence-electron chi connectivity index (χ4n) is 2.38. The molecule has 0 spiro atoms. The minimum atomic E-state index is -0.512. The van der Waals surface area contributed by atoms with Crippen molar-refractivity contribution in [2.24, 2.45) is 0 Å². The van der Waals surface area contributed by atoms with Gasteiger partial charge in [-0.3, -0.25) is 9.59 Å². The van der Waals surface area contributed by atoms with E-state index in [0.717, 1.165) is 10.6 Å². The number of anilines is 1. The maximum atomic E-state index is 13.7. The highest BCUT2D eigenvalue weighted by molar-refractivity contribution is 7.15. The molecule has 7 heteroatoms. The van der Waals surface area contributed by atoms with Crippen LogP contribution in [0.15, 0.2) is 24.3 Å². The molecule has 1 aromatic carbocycles. The number of benzene rings is 1. The van der Waals surface area contributed by atoms with Gasteiger partial charge in [-0.2, -0.15) is 0 Å². The molecular weight excluding hydrogens is 305 g/mol. The van der Waals surface area contributed by atoms with Crippen molar-refractivity contribution < 1.29 is 14.0 Å². The minimum Gasteiger partial charge on any atom is -0.333 e. The molecule has 0 fully saturated rings. The van der Waals surface area contributed by atoms with Crippen LogP contribution in [-0.4, -0.2) is 28.2 Å². The van der Waals surface area contributed by atoms with Gasteiger partial charge >= 0.3 is 0 Å². The largest absolute Gasteiger partial charge is 0.333 e. The molecule has 3 rings (SSSR count). The van der Waals surface area contributed by atoms with Crippen LogP contribution in [0.1, 0.15) is 27.9 Å². The second kappa shape index (κ2) is 5.84. The molecule has 0 aliphatic carbocycles. The summed E-state index contributed by atoms with van der Waals surface area (Å²) in [5.74, 6) is -1.01. The molecule has 1 N–H and O–H groups in total. The summed E-state index contributed by atoms with van der Waals surface area (Å²) >= 11 is 1.35. The van der Waals surface area contributed by atoms with Gasteiger partial charge < -0.3 is 10.2 Å². The number of nitrogens with one attached hydrogen (secondary N) is 1. The van der Waals surface area contributed by atoms with Crippen molar-refractivity contribution in [1.82, 2.24) is 9.88 Å². The van der Waals surface area contributed by atoms with Gasteiger partial charge in [0.05, 0.1) is 17.8 Å². The summed E-state index contributed by atoms with van der Waals surface area (Å²) < 4.78 is 13.7. The van der Waals surface area contributed by atoms with Gasteiger partial charge in [0.2, 0.25) is 5.91 Å². The van der Waals surface area contributed by atoms with Crippen LogP contribution in [0.2, 0.25) is 0 Å². The first-order valence-corrected chi connectivity index (χ1v) is 7.66. The van der Waals surface area contributed by atoms with Gasteiger partial charge in [-0.15, -0.1) is 0 Å². The second-order valence-corrected chi connectivity index (χ2v) is 6.11. The Bertz CT molecular complexity index is 744. The van der Waals surface area contributed by atoms with Crippen LogP contribution in [-0.2, 0) is 17.8 Å². The molecule has 2 aromatic rings. The molecule has 22 heavy (non-hydrogen) atoms. The van der Waals surface area contributed by atoms with Crippen molar-refractivity contribution in [2.75, 3.05) is 11.9 Å². The summed E-state index contributed by atoms with van der Waals surface area (Å²) in [5.41, 5.74) is 0.976.